The van der Waals surface area contributed by atoms with Crippen LogP contribution in [0.1, 0.15) is 13.3 Å². The predicted octanol–water partition coefficient (Wildman–Crippen LogP) is 2.22. The van der Waals surface area contributed by atoms with Crippen molar-refractivity contribution in [1.82, 2.24) is 5.32 Å². The minimum atomic E-state index is -3.22. The van der Waals surface area contributed by atoms with Crippen LogP contribution in [-0.2, 0) is 9.84 Å². The first-order chi connectivity index (χ1) is 7.51. The number of sulfone groups is 1. The summed E-state index contributed by atoms with van der Waals surface area (Å²) in [7, 11) is -1.44. The second-order valence-corrected chi connectivity index (χ2v) is 6.46. The molecule has 0 radical (unpaired) electrons. The van der Waals surface area contributed by atoms with Gasteiger partial charge in [0.1, 0.15) is 0 Å². The van der Waals surface area contributed by atoms with E-state index < -0.39 is 9.84 Å². The van der Waals surface area contributed by atoms with Gasteiger partial charge < -0.3 is 5.32 Å². The molecule has 0 aliphatic carbocycles. The molecule has 1 aromatic rings. The van der Waals surface area contributed by atoms with Crippen LogP contribution in [0.15, 0.2) is 33.6 Å². The van der Waals surface area contributed by atoms with E-state index >= 15 is 0 Å². The molecule has 1 unspecified atom stereocenters. The van der Waals surface area contributed by atoms with Gasteiger partial charge in [0.05, 0.1) is 10.6 Å². The lowest BCUT2D eigenvalue weighted by atomic mass is 10.3. The van der Waals surface area contributed by atoms with Crippen LogP contribution in [0.25, 0.3) is 0 Å². The van der Waals surface area contributed by atoms with E-state index in [-0.39, 0.29) is 11.8 Å². The van der Waals surface area contributed by atoms with Crippen molar-refractivity contribution in [1.29, 1.82) is 0 Å². The zero-order valence-electron chi connectivity index (χ0n) is 9.40. The maximum atomic E-state index is 12.1. The van der Waals surface area contributed by atoms with Crippen molar-refractivity contribution in [3.63, 3.8) is 0 Å². The van der Waals surface area contributed by atoms with Crippen molar-refractivity contribution in [3.05, 3.63) is 28.7 Å². The minimum absolute atomic E-state index is 0.00268. The van der Waals surface area contributed by atoms with Gasteiger partial charge in [0.2, 0.25) is 0 Å². The highest BCUT2D eigenvalue weighted by Crippen LogP contribution is 2.22. The summed E-state index contributed by atoms with van der Waals surface area (Å²) in [6.07, 6.45) is 0.792. The van der Waals surface area contributed by atoms with Gasteiger partial charge in [-0.25, -0.2) is 8.42 Å². The molecular formula is C11H16BrNO2S. The summed E-state index contributed by atoms with van der Waals surface area (Å²) >= 11 is 3.27. The Morgan fingerprint density at radius 2 is 2.00 bits per heavy atom. The molecule has 1 atom stereocenters. The molecule has 3 nitrogen and oxygen atoms in total. The van der Waals surface area contributed by atoms with Crippen LogP contribution in [-0.4, -0.2) is 27.3 Å². The number of benzene rings is 1. The molecule has 0 aliphatic heterocycles. The van der Waals surface area contributed by atoms with Crippen LogP contribution < -0.4 is 5.32 Å². The normalized spacial score (nSPS) is 13.7. The molecule has 0 amide bonds. The average molecular weight is 306 g/mol. The van der Waals surface area contributed by atoms with Crippen LogP contribution in [0.3, 0.4) is 0 Å². The molecular weight excluding hydrogens is 290 g/mol. The summed E-state index contributed by atoms with van der Waals surface area (Å²) in [5.41, 5.74) is 0. The largest absolute Gasteiger partial charge is 0.316 e. The highest BCUT2D eigenvalue weighted by molar-refractivity contribution is 9.10. The SMILES string of the molecule is CCC(CS(=O)(=O)c1ccccc1Br)NC. The van der Waals surface area contributed by atoms with Crippen LogP contribution >= 0.6 is 15.9 Å². The summed E-state index contributed by atoms with van der Waals surface area (Å²) in [6.45, 7) is 1.97. The van der Waals surface area contributed by atoms with E-state index in [1.165, 1.54) is 0 Å². The van der Waals surface area contributed by atoms with Gasteiger partial charge in [0.15, 0.2) is 9.84 Å². The number of rotatable bonds is 5. The summed E-state index contributed by atoms with van der Waals surface area (Å²) in [5, 5.41) is 3.00. The first-order valence-electron chi connectivity index (χ1n) is 5.15. The molecule has 0 saturated carbocycles. The standard InChI is InChI=1S/C11H16BrNO2S/c1-3-9(13-2)8-16(14,15)11-7-5-4-6-10(11)12/h4-7,9,13H,3,8H2,1-2H3. The van der Waals surface area contributed by atoms with Crippen molar-refractivity contribution in [2.75, 3.05) is 12.8 Å². The van der Waals surface area contributed by atoms with Crippen LogP contribution in [0.4, 0.5) is 0 Å². The molecule has 0 aromatic heterocycles. The van der Waals surface area contributed by atoms with Gasteiger partial charge in [0.25, 0.3) is 0 Å². The van der Waals surface area contributed by atoms with Crippen LogP contribution in [0, 0.1) is 0 Å². The first-order valence-corrected chi connectivity index (χ1v) is 7.60. The quantitative estimate of drug-likeness (QED) is 0.907. The molecule has 5 heteroatoms. The number of halogens is 1. The maximum absolute atomic E-state index is 12.1. The zero-order chi connectivity index (χ0) is 12.2. The fourth-order valence-corrected chi connectivity index (χ4v) is 4.24. The maximum Gasteiger partial charge on any atom is 0.181 e. The van der Waals surface area contributed by atoms with Crippen molar-refractivity contribution in [2.45, 2.75) is 24.3 Å². The van der Waals surface area contributed by atoms with Crippen molar-refractivity contribution in [3.8, 4) is 0 Å². The molecule has 0 spiro atoms. The van der Waals surface area contributed by atoms with E-state index in [1.54, 1.807) is 31.3 Å². The zero-order valence-corrected chi connectivity index (χ0v) is 11.8. The first kappa shape index (κ1) is 13.7. The second kappa shape index (κ2) is 5.80. The summed E-state index contributed by atoms with van der Waals surface area (Å²) < 4.78 is 24.8. The van der Waals surface area contributed by atoms with Gasteiger partial charge in [-0.15, -0.1) is 0 Å². The van der Waals surface area contributed by atoms with E-state index in [2.05, 4.69) is 21.2 Å². The van der Waals surface area contributed by atoms with Gasteiger partial charge in [-0.05, 0) is 41.5 Å². The lowest BCUT2D eigenvalue weighted by Crippen LogP contribution is -2.32. The molecule has 0 heterocycles. The van der Waals surface area contributed by atoms with Crippen LogP contribution in [0.5, 0.6) is 0 Å². The topological polar surface area (TPSA) is 46.2 Å². The van der Waals surface area contributed by atoms with Crippen molar-refractivity contribution < 1.29 is 8.42 Å². The molecule has 1 rings (SSSR count). The van der Waals surface area contributed by atoms with Gasteiger partial charge in [-0.2, -0.15) is 0 Å². The van der Waals surface area contributed by atoms with E-state index in [0.29, 0.717) is 9.37 Å². The minimum Gasteiger partial charge on any atom is -0.316 e. The Morgan fingerprint density at radius 3 is 2.50 bits per heavy atom. The fourth-order valence-electron chi connectivity index (χ4n) is 1.46. The molecule has 1 N–H and O–H groups in total. The highest BCUT2D eigenvalue weighted by Gasteiger charge is 2.21. The Labute approximate surface area is 105 Å². The molecule has 0 saturated heterocycles. The second-order valence-electron chi connectivity index (χ2n) is 3.61. The molecule has 1 aromatic carbocycles. The fraction of sp³-hybridized carbons (Fsp3) is 0.455. The molecule has 0 bridgehead atoms. The Kier molecular flexibility index (Phi) is 4.95. The van der Waals surface area contributed by atoms with Gasteiger partial charge in [-0.3, -0.25) is 0 Å². The van der Waals surface area contributed by atoms with E-state index in [0.717, 1.165) is 6.42 Å². The van der Waals surface area contributed by atoms with Crippen molar-refractivity contribution >= 4 is 25.8 Å². The smallest absolute Gasteiger partial charge is 0.181 e. The van der Waals surface area contributed by atoms with E-state index in [9.17, 15) is 8.42 Å². The Hall–Kier alpha value is -0.390. The number of hydrogen-bond acceptors (Lipinski definition) is 3. The van der Waals surface area contributed by atoms with Gasteiger partial charge >= 0.3 is 0 Å². The summed E-state index contributed by atoms with van der Waals surface area (Å²) in [6, 6.07) is 6.91. The Bertz CT molecular complexity index is 441. The van der Waals surface area contributed by atoms with Crippen LogP contribution in [0.2, 0.25) is 0 Å². The lowest BCUT2D eigenvalue weighted by molar-refractivity contribution is 0.555. The predicted molar refractivity (Wildman–Crippen MR) is 69.3 cm³/mol. The summed E-state index contributed by atoms with van der Waals surface area (Å²) in [4.78, 5) is 0.365. The third kappa shape index (κ3) is 3.30. The Morgan fingerprint density at radius 1 is 1.38 bits per heavy atom. The molecule has 0 fully saturated rings. The van der Waals surface area contributed by atoms with E-state index in [1.807, 2.05) is 6.92 Å². The number of hydrogen-bond donors (Lipinski definition) is 1. The summed E-state index contributed by atoms with van der Waals surface area (Å²) in [5.74, 6) is 0.128. The third-order valence-electron chi connectivity index (χ3n) is 2.49. The molecule has 16 heavy (non-hydrogen) atoms. The van der Waals surface area contributed by atoms with Crippen molar-refractivity contribution in [2.24, 2.45) is 0 Å². The number of nitrogens with one attached hydrogen (secondary N) is 1. The van der Waals surface area contributed by atoms with E-state index in [4.69, 9.17) is 0 Å². The van der Waals surface area contributed by atoms with Gasteiger partial charge in [-0.1, -0.05) is 19.1 Å². The van der Waals surface area contributed by atoms with Gasteiger partial charge in [0, 0.05) is 10.5 Å². The molecule has 0 aliphatic rings. The average Bonchev–Trinajstić information content (AvgIpc) is 2.26. The highest BCUT2D eigenvalue weighted by atomic mass is 79.9. The third-order valence-corrected chi connectivity index (χ3v) is 5.31. The Balaban J connectivity index is 2.99. The monoisotopic (exact) mass is 305 g/mol. The lowest BCUT2D eigenvalue weighted by Gasteiger charge is -2.14. The molecule has 90 valence electrons.